The smallest absolute Gasteiger partial charge is 0.203 e. The molecule has 1 fully saturated rings. The van der Waals surface area contributed by atoms with Gasteiger partial charge in [-0.05, 0) is 24.3 Å². The molecule has 22 heavy (non-hydrogen) atoms. The van der Waals surface area contributed by atoms with Gasteiger partial charge >= 0.3 is 0 Å². The van der Waals surface area contributed by atoms with E-state index in [0.29, 0.717) is 18.6 Å². The van der Waals surface area contributed by atoms with Gasteiger partial charge in [0, 0.05) is 25.1 Å². The van der Waals surface area contributed by atoms with Crippen molar-refractivity contribution < 1.29 is 4.74 Å². The van der Waals surface area contributed by atoms with Crippen LogP contribution in [0.5, 0.6) is 0 Å². The van der Waals surface area contributed by atoms with Crippen molar-refractivity contribution in [1.82, 2.24) is 9.36 Å². The predicted octanol–water partition coefficient (Wildman–Crippen LogP) is 4.07. The van der Waals surface area contributed by atoms with Crippen molar-refractivity contribution >= 4 is 16.7 Å². The van der Waals surface area contributed by atoms with Gasteiger partial charge in [-0.15, -0.1) is 0 Å². The van der Waals surface area contributed by atoms with E-state index < -0.39 is 0 Å². The third kappa shape index (κ3) is 3.84. The second kappa shape index (κ2) is 7.70. The lowest BCUT2D eigenvalue weighted by Gasteiger charge is -2.24. The molecule has 0 bridgehead atoms. The molecule has 0 saturated heterocycles. The van der Waals surface area contributed by atoms with Gasteiger partial charge in [-0.3, -0.25) is 0 Å². The summed E-state index contributed by atoms with van der Waals surface area (Å²) < 4.78 is 9.51. The Morgan fingerprint density at radius 3 is 2.77 bits per heavy atom. The van der Waals surface area contributed by atoms with Crippen molar-refractivity contribution in [2.75, 3.05) is 19.0 Å². The molecule has 1 aliphatic carbocycles. The summed E-state index contributed by atoms with van der Waals surface area (Å²) in [5.41, 5.74) is 1.35. The van der Waals surface area contributed by atoms with Gasteiger partial charge in [-0.2, -0.15) is 4.37 Å². The first-order valence-electron chi connectivity index (χ1n) is 8.00. The summed E-state index contributed by atoms with van der Waals surface area (Å²) in [6.45, 7) is 0.668. The van der Waals surface area contributed by atoms with Crippen LogP contribution < -0.4 is 5.32 Å². The van der Waals surface area contributed by atoms with Crippen molar-refractivity contribution in [3.8, 4) is 0 Å². The molecule has 1 saturated carbocycles. The summed E-state index contributed by atoms with van der Waals surface area (Å²) >= 11 is 1.45. The number of rotatable bonds is 7. The van der Waals surface area contributed by atoms with E-state index >= 15 is 0 Å². The highest BCUT2D eigenvalue weighted by Crippen LogP contribution is 2.38. The number of nitrogens with one attached hydrogen (secondary N) is 1. The van der Waals surface area contributed by atoms with Gasteiger partial charge < -0.3 is 10.1 Å². The van der Waals surface area contributed by atoms with Crippen LogP contribution in [0.15, 0.2) is 30.3 Å². The highest BCUT2D eigenvalue weighted by atomic mass is 32.1. The van der Waals surface area contributed by atoms with E-state index in [2.05, 4.69) is 45.0 Å². The summed E-state index contributed by atoms with van der Waals surface area (Å²) in [6.07, 6.45) is 6.04. The Labute approximate surface area is 136 Å². The summed E-state index contributed by atoms with van der Waals surface area (Å²) in [5, 5.41) is 4.56. The molecule has 5 heteroatoms. The van der Waals surface area contributed by atoms with Crippen LogP contribution in [0.4, 0.5) is 5.13 Å². The van der Waals surface area contributed by atoms with E-state index in [9.17, 15) is 0 Å². The molecule has 0 aliphatic heterocycles. The monoisotopic (exact) mass is 317 g/mol. The normalized spacial score (nSPS) is 16.8. The second-order valence-electron chi connectivity index (χ2n) is 5.84. The van der Waals surface area contributed by atoms with Gasteiger partial charge in [0.25, 0.3) is 0 Å². The fourth-order valence-electron chi connectivity index (χ4n) is 3.16. The fourth-order valence-corrected chi connectivity index (χ4v) is 3.81. The number of hydrogen-bond donors (Lipinski definition) is 1. The van der Waals surface area contributed by atoms with E-state index in [1.165, 1.54) is 42.8 Å². The van der Waals surface area contributed by atoms with Gasteiger partial charge in [0.1, 0.15) is 5.82 Å². The average Bonchev–Trinajstić information content (AvgIpc) is 3.23. The minimum atomic E-state index is 0.340. The maximum absolute atomic E-state index is 5.09. The van der Waals surface area contributed by atoms with Crippen LogP contribution in [0.25, 0.3) is 0 Å². The van der Waals surface area contributed by atoms with Crippen LogP contribution in [-0.2, 0) is 11.2 Å². The Morgan fingerprint density at radius 1 is 1.27 bits per heavy atom. The van der Waals surface area contributed by atoms with Crippen LogP contribution in [0.3, 0.4) is 0 Å². The van der Waals surface area contributed by atoms with Gasteiger partial charge in [0.15, 0.2) is 0 Å². The van der Waals surface area contributed by atoms with Gasteiger partial charge in [-0.25, -0.2) is 4.98 Å². The van der Waals surface area contributed by atoms with E-state index in [0.717, 1.165) is 17.4 Å². The molecule has 2 aromatic rings. The van der Waals surface area contributed by atoms with E-state index in [-0.39, 0.29) is 0 Å². The number of anilines is 1. The molecule has 118 valence electrons. The van der Waals surface area contributed by atoms with Crippen LogP contribution in [0.2, 0.25) is 0 Å². The minimum absolute atomic E-state index is 0.340. The zero-order valence-electron chi connectivity index (χ0n) is 13.0. The predicted molar refractivity (Wildman–Crippen MR) is 90.3 cm³/mol. The first kappa shape index (κ1) is 15.4. The quantitative estimate of drug-likeness (QED) is 0.836. The molecule has 0 spiro atoms. The number of hydrogen-bond acceptors (Lipinski definition) is 5. The summed E-state index contributed by atoms with van der Waals surface area (Å²) in [5.74, 6) is 1.56. The molecule has 1 aromatic heterocycles. The summed E-state index contributed by atoms with van der Waals surface area (Å²) in [4.78, 5) is 4.60. The molecular formula is C17H23N3OS. The standard InChI is InChI=1S/C17H23N3OS/c1-21-12-11-15-18-17(22-20-15)19-16(14-9-5-6-10-14)13-7-3-2-4-8-13/h2-4,7-8,14,16H,5-6,9-12H2,1H3,(H,18,19,20). The van der Waals surface area contributed by atoms with Gasteiger partial charge in [0.05, 0.1) is 12.6 Å². The molecule has 1 atom stereocenters. The molecule has 1 unspecified atom stereocenters. The molecule has 1 aliphatic rings. The molecule has 0 radical (unpaired) electrons. The molecule has 0 amide bonds. The minimum Gasteiger partial charge on any atom is -0.384 e. The summed E-state index contributed by atoms with van der Waals surface area (Å²) in [7, 11) is 1.71. The van der Waals surface area contributed by atoms with Crippen LogP contribution in [0, 0.1) is 5.92 Å². The maximum atomic E-state index is 5.09. The fraction of sp³-hybridized carbons (Fsp3) is 0.529. The lowest BCUT2D eigenvalue weighted by molar-refractivity contribution is 0.201. The van der Waals surface area contributed by atoms with Crippen LogP contribution in [-0.4, -0.2) is 23.1 Å². The lowest BCUT2D eigenvalue weighted by atomic mass is 9.92. The number of methoxy groups -OCH3 is 1. The maximum Gasteiger partial charge on any atom is 0.203 e. The number of ether oxygens (including phenoxy) is 1. The van der Waals surface area contributed by atoms with Gasteiger partial charge in [-0.1, -0.05) is 43.2 Å². The Morgan fingerprint density at radius 2 is 2.05 bits per heavy atom. The van der Waals surface area contributed by atoms with Crippen molar-refractivity contribution in [3.05, 3.63) is 41.7 Å². The molecule has 1 N–H and O–H groups in total. The van der Waals surface area contributed by atoms with Crippen molar-refractivity contribution in [2.24, 2.45) is 5.92 Å². The number of nitrogens with zero attached hydrogens (tertiary/aromatic N) is 2. The Kier molecular flexibility index (Phi) is 5.40. The second-order valence-corrected chi connectivity index (χ2v) is 6.59. The van der Waals surface area contributed by atoms with Crippen molar-refractivity contribution in [2.45, 2.75) is 38.1 Å². The average molecular weight is 317 g/mol. The number of aromatic nitrogens is 2. The first-order chi connectivity index (χ1) is 10.9. The topological polar surface area (TPSA) is 47.0 Å². The van der Waals surface area contributed by atoms with E-state index in [4.69, 9.17) is 4.74 Å². The molecule has 1 heterocycles. The zero-order chi connectivity index (χ0) is 15.2. The highest BCUT2D eigenvalue weighted by molar-refractivity contribution is 7.09. The van der Waals surface area contributed by atoms with Gasteiger partial charge in [0.2, 0.25) is 5.13 Å². The summed E-state index contributed by atoms with van der Waals surface area (Å²) in [6, 6.07) is 11.1. The van der Waals surface area contributed by atoms with Crippen molar-refractivity contribution in [1.29, 1.82) is 0 Å². The third-order valence-corrected chi connectivity index (χ3v) is 4.99. The van der Waals surface area contributed by atoms with E-state index in [1.54, 1.807) is 7.11 Å². The Balaban J connectivity index is 1.73. The van der Waals surface area contributed by atoms with Crippen LogP contribution in [0.1, 0.15) is 43.1 Å². The third-order valence-electron chi connectivity index (χ3n) is 4.31. The number of benzene rings is 1. The van der Waals surface area contributed by atoms with E-state index in [1.807, 2.05) is 0 Å². The largest absolute Gasteiger partial charge is 0.384 e. The van der Waals surface area contributed by atoms with Crippen LogP contribution >= 0.6 is 11.5 Å². The molecule has 3 rings (SSSR count). The molecule has 4 nitrogen and oxygen atoms in total. The lowest BCUT2D eigenvalue weighted by Crippen LogP contribution is -2.19. The molecular weight excluding hydrogens is 294 g/mol. The Bertz CT molecular complexity index is 566. The zero-order valence-corrected chi connectivity index (χ0v) is 13.8. The highest BCUT2D eigenvalue weighted by Gasteiger charge is 2.27. The SMILES string of the molecule is COCCc1nsc(NC(c2ccccc2)C2CCCC2)n1. The first-order valence-corrected chi connectivity index (χ1v) is 8.77. The molecule has 1 aromatic carbocycles. The van der Waals surface area contributed by atoms with Crippen molar-refractivity contribution in [3.63, 3.8) is 0 Å². The Hall–Kier alpha value is -1.46.